The second-order valence-corrected chi connectivity index (χ2v) is 6.67. The lowest BCUT2D eigenvalue weighted by atomic mass is 9.81. The number of likely N-dealkylation sites (tertiary alicyclic amines) is 1. The SMILES string of the molecule is CC1CCC(CC(C)(C#N)c2ccc(Br)cn2)N1C. The van der Waals surface area contributed by atoms with Gasteiger partial charge in [-0.25, -0.2) is 0 Å². The van der Waals surface area contributed by atoms with E-state index in [1.165, 1.54) is 12.8 Å². The van der Waals surface area contributed by atoms with Gasteiger partial charge in [-0.15, -0.1) is 0 Å². The molecule has 1 aromatic rings. The van der Waals surface area contributed by atoms with Gasteiger partial charge in [0.25, 0.3) is 0 Å². The number of pyridine rings is 1. The zero-order valence-electron chi connectivity index (χ0n) is 11.7. The van der Waals surface area contributed by atoms with E-state index in [2.05, 4.69) is 45.9 Å². The summed E-state index contributed by atoms with van der Waals surface area (Å²) in [5, 5.41) is 9.60. The predicted molar refractivity (Wildman–Crippen MR) is 79.8 cm³/mol. The van der Waals surface area contributed by atoms with Gasteiger partial charge in [0.2, 0.25) is 0 Å². The van der Waals surface area contributed by atoms with Crippen LogP contribution in [-0.4, -0.2) is 29.0 Å². The Bertz CT molecular complexity index is 479. The molecule has 19 heavy (non-hydrogen) atoms. The summed E-state index contributed by atoms with van der Waals surface area (Å²) in [6.45, 7) is 4.25. The second-order valence-electron chi connectivity index (χ2n) is 5.76. The van der Waals surface area contributed by atoms with Gasteiger partial charge >= 0.3 is 0 Å². The highest BCUT2D eigenvalue weighted by molar-refractivity contribution is 9.10. The molecule has 1 fully saturated rings. The lowest BCUT2D eigenvalue weighted by molar-refractivity contribution is 0.223. The Kier molecular flexibility index (Phi) is 4.27. The molecule has 0 bridgehead atoms. The highest BCUT2D eigenvalue weighted by Gasteiger charge is 2.36. The van der Waals surface area contributed by atoms with E-state index in [0.717, 1.165) is 16.6 Å². The fraction of sp³-hybridized carbons (Fsp3) is 0.600. The number of rotatable bonds is 3. The Morgan fingerprint density at radius 2 is 2.26 bits per heavy atom. The van der Waals surface area contributed by atoms with E-state index in [1.807, 2.05) is 19.1 Å². The Morgan fingerprint density at radius 1 is 1.53 bits per heavy atom. The lowest BCUT2D eigenvalue weighted by Crippen LogP contribution is -2.36. The van der Waals surface area contributed by atoms with Gasteiger partial charge in [0, 0.05) is 22.8 Å². The van der Waals surface area contributed by atoms with Crippen molar-refractivity contribution in [3.8, 4) is 6.07 Å². The smallest absolute Gasteiger partial charge is 0.0979 e. The maximum absolute atomic E-state index is 9.60. The normalized spacial score (nSPS) is 26.9. The van der Waals surface area contributed by atoms with Crippen molar-refractivity contribution in [2.45, 2.75) is 50.6 Å². The van der Waals surface area contributed by atoms with E-state index >= 15 is 0 Å². The molecule has 0 radical (unpaired) electrons. The molecule has 2 heterocycles. The highest BCUT2D eigenvalue weighted by Crippen LogP contribution is 2.34. The summed E-state index contributed by atoms with van der Waals surface area (Å²) in [5.41, 5.74) is 0.357. The molecule has 0 aromatic carbocycles. The molecule has 0 aliphatic carbocycles. The summed E-state index contributed by atoms with van der Waals surface area (Å²) in [6, 6.07) is 7.47. The van der Waals surface area contributed by atoms with Crippen LogP contribution < -0.4 is 0 Å². The van der Waals surface area contributed by atoms with E-state index in [1.54, 1.807) is 6.20 Å². The van der Waals surface area contributed by atoms with E-state index in [-0.39, 0.29) is 0 Å². The van der Waals surface area contributed by atoms with Crippen LogP contribution in [0.15, 0.2) is 22.8 Å². The van der Waals surface area contributed by atoms with Gasteiger partial charge in [0.05, 0.1) is 17.2 Å². The van der Waals surface area contributed by atoms with Gasteiger partial charge in [-0.1, -0.05) is 0 Å². The Balaban J connectivity index is 2.19. The molecule has 1 aliphatic rings. The number of halogens is 1. The first-order valence-electron chi connectivity index (χ1n) is 6.71. The fourth-order valence-electron chi connectivity index (χ4n) is 2.83. The quantitative estimate of drug-likeness (QED) is 0.855. The third kappa shape index (κ3) is 2.98. The molecular weight excluding hydrogens is 302 g/mol. The van der Waals surface area contributed by atoms with E-state index in [0.29, 0.717) is 12.1 Å². The number of nitriles is 1. The van der Waals surface area contributed by atoms with Crippen molar-refractivity contribution in [3.63, 3.8) is 0 Å². The largest absolute Gasteiger partial charge is 0.301 e. The van der Waals surface area contributed by atoms with Crippen LogP contribution in [0.5, 0.6) is 0 Å². The van der Waals surface area contributed by atoms with E-state index in [4.69, 9.17) is 0 Å². The molecule has 2 rings (SSSR count). The molecule has 1 saturated heterocycles. The summed E-state index contributed by atoms with van der Waals surface area (Å²) < 4.78 is 0.947. The number of nitrogens with zero attached hydrogens (tertiary/aromatic N) is 3. The lowest BCUT2D eigenvalue weighted by Gasteiger charge is -2.30. The Morgan fingerprint density at radius 3 is 2.74 bits per heavy atom. The van der Waals surface area contributed by atoms with Crippen molar-refractivity contribution in [1.29, 1.82) is 5.26 Å². The molecule has 0 N–H and O–H groups in total. The van der Waals surface area contributed by atoms with Crippen molar-refractivity contribution in [2.75, 3.05) is 7.05 Å². The molecule has 0 saturated carbocycles. The average Bonchev–Trinajstić information content (AvgIpc) is 2.71. The van der Waals surface area contributed by atoms with Crippen molar-refractivity contribution in [1.82, 2.24) is 9.88 Å². The molecule has 3 atom stereocenters. The third-order valence-corrected chi connectivity index (χ3v) is 4.84. The minimum Gasteiger partial charge on any atom is -0.301 e. The minimum absolute atomic E-state index is 0.477. The molecule has 0 spiro atoms. The predicted octanol–water partition coefficient (Wildman–Crippen LogP) is 3.50. The first-order chi connectivity index (χ1) is 8.96. The maximum atomic E-state index is 9.60. The Hall–Kier alpha value is -0.920. The van der Waals surface area contributed by atoms with Crippen LogP contribution in [0, 0.1) is 11.3 Å². The standard InChI is InChI=1S/C15H20BrN3/c1-11-4-6-13(19(11)3)8-15(2,10-17)14-7-5-12(16)9-18-14/h5,7,9,11,13H,4,6,8H2,1-3H3. The number of hydrogen-bond donors (Lipinski definition) is 0. The molecular formula is C15H20BrN3. The molecule has 1 aliphatic heterocycles. The summed E-state index contributed by atoms with van der Waals surface area (Å²) in [5.74, 6) is 0. The van der Waals surface area contributed by atoms with Crippen LogP contribution in [0.4, 0.5) is 0 Å². The van der Waals surface area contributed by atoms with Gasteiger partial charge in [0.15, 0.2) is 0 Å². The summed E-state index contributed by atoms with van der Waals surface area (Å²) >= 11 is 3.39. The average molecular weight is 322 g/mol. The molecule has 102 valence electrons. The summed E-state index contributed by atoms with van der Waals surface area (Å²) in [7, 11) is 2.16. The topological polar surface area (TPSA) is 39.9 Å². The van der Waals surface area contributed by atoms with Crippen molar-refractivity contribution in [3.05, 3.63) is 28.5 Å². The molecule has 0 amide bonds. The molecule has 3 nitrogen and oxygen atoms in total. The highest BCUT2D eigenvalue weighted by atomic mass is 79.9. The van der Waals surface area contributed by atoms with Crippen LogP contribution in [-0.2, 0) is 5.41 Å². The molecule has 4 heteroatoms. The zero-order chi connectivity index (χ0) is 14.0. The maximum Gasteiger partial charge on any atom is 0.0979 e. The third-order valence-electron chi connectivity index (χ3n) is 4.37. The van der Waals surface area contributed by atoms with Crippen LogP contribution in [0.2, 0.25) is 0 Å². The van der Waals surface area contributed by atoms with Crippen LogP contribution in [0.25, 0.3) is 0 Å². The van der Waals surface area contributed by atoms with Gasteiger partial charge in [-0.05, 0) is 68.2 Å². The van der Waals surface area contributed by atoms with Crippen LogP contribution in [0.1, 0.15) is 38.8 Å². The monoisotopic (exact) mass is 321 g/mol. The van der Waals surface area contributed by atoms with E-state index in [9.17, 15) is 5.26 Å². The Labute approximate surface area is 123 Å². The number of hydrogen-bond acceptors (Lipinski definition) is 3. The molecule has 1 aromatic heterocycles. The van der Waals surface area contributed by atoms with Crippen molar-refractivity contribution < 1.29 is 0 Å². The van der Waals surface area contributed by atoms with Crippen molar-refractivity contribution in [2.24, 2.45) is 0 Å². The molecule has 3 unspecified atom stereocenters. The van der Waals surface area contributed by atoms with Gasteiger partial charge in [0.1, 0.15) is 0 Å². The fourth-order valence-corrected chi connectivity index (χ4v) is 3.06. The first-order valence-corrected chi connectivity index (χ1v) is 7.51. The van der Waals surface area contributed by atoms with Crippen LogP contribution >= 0.6 is 15.9 Å². The van der Waals surface area contributed by atoms with Gasteiger partial charge in [-0.2, -0.15) is 5.26 Å². The van der Waals surface area contributed by atoms with Gasteiger partial charge in [-0.3, -0.25) is 4.98 Å². The van der Waals surface area contributed by atoms with E-state index < -0.39 is 5.41 Å². The van der Waals surface area contributed by atoms with Crippen molar-refractivity contribution >= 4 is 15.9 Å². The summed E-state index contributed by atoms with van der Waals surface area (Å²) in [6.07, 6.45) is 5.01. The minimum atomic E-state index is -0.510. The number of aromatic nitrogens is 1. The summed E-state index contributed by atoms with van der Waals surface area (Å²) in [4.78, 5) is 6.82. The van der Waals surface area contributed by atoms with Crippen LogP contribution in [0.3, 0.4) is 0 Å². The van der Waals surface area contributed by atoms with Gasteiger partial charge < -0.3 is 4.90 Å². The second kappa shape index (κ2) is 5.60. The zero-order valence-corrected chi connectivity index (χ0v) is 13.3. The first kappa shape index (κ1) is 14.5.